The number of carbonyl (C=O) groups excluding carboxylic acids is 1. The first-order chi connectivity index (χ1) is 12.6. The first kappa shape index (κ1) is 17.0. The van der Waals surface area contributed by atoms with E-state index >= 15 is 0 Å². The van der Waals surface area contributed by atoms with Crippen LogP contribution >= 0.6 is 11.3 Å². The van der Waals surface area contributed by atoms with E-state index in [0.29, 0.717) is 6.54 Å². The first-order valence-corrected chi connectivity index (χ1v) is 9.69. The van der Waals surface area contributed by atoms with Crippen molar-refractivity contribution in [3.05, 3.63) is 58.7 Å². The van der Waals surface area contributed by atoms with Crippen LogP contribution in [0.15, 0.2) is 48.0 Å². The molecule has 0 saturated carbocycles. The van der Waals surface area contributed by atoms with Crippen molar-refractivity contribution in [2.75, 3.05) is 18.4 Å². The fraction of sp³-hybridized carbons (Fsp3) is 0.300. The van der Waals surface area contributed by atoms with Gasteiger partial charge in [0.05, 0.1) is 17.2 Å². The second-order valence-corrected chi connectivity index (χ2v) is 7.72. The predicted octanol–water partition coefficient (Wildman–Crippen LogP) is 3.94. The number of nitrogens with one attached hydrogen (secondary N) is 1. The van der Waals surface area contributed by atoms with E-state index in [9.17, 15) is 4.79 Å². The van der Waals surface area contributed by atoms with Crippen LogP contribution in [0, 0.1) is 6.92 Å². The van der Waals surface area contributed by atoms with E-state index in [1.807, 2.05) is 36.6 Å². The van der Waals surface area contributed by atoms with Crippen molar-refractivity contribution >= 4 is 22.9 Å². The van der Waals surface area contributed by atoms with Crippen molar-refractivity contribution < 1.29 is 4.79 Å². The minimum absolute atomic E-state index is 0.0171. The molecule has 0 aliphatic carbocycles. The summed E-state index contributed by atoms with van der Waals surface area (Å²) in [4.78, 5) is 19.3. The van der Waals surface area contributed by atoms with Crippen molar-refractivity contribution in [1.82, 2.24) is 14.5 Å². The molecule has 5 nitrogen and oxygen atoms in total. The average molecular weight is 366 g/mol. The van der Waals surface area contributed by atoms with Gasteiger partial charge in [0.15, 0.2) is 0 Å². The van der Waals surface area contributed by atoms with Gasteiger partial charge in [-0.3, -0.25) is 9.69 Å². The summed E-state index contributed by atoms with van der Waals surface area (Å²) in [7, 11) is 0. The standard InChI is InChI=1S/C20H22N4OS/c1-14-19-7-4-8-23(19)9-10-24(14)12-20(25)22-17-6-3-5-16(11-17)18-13-26-15(2)21-18/h3-8,11,13-14H,9-10,12H2,1-2H3,(H,22,25)/t14-/m1/s1. The molecule has 1 aromatic carbocycles. The molecular weight excluding hydrogens is 344 g/mol. The fourth-order valence-electron chi connectivity index (χ4n) is 3.48. The molecule has 0 saturated heterocycles. The molecule has 0 bridgehead atoms. The van der Waals surface area contributed by atoms with Gasteiger partial charge in [-0.25, -0.2) is 4.98 Å². The molecular formula is C20H22N4OS. The number of carbonyl (C=O) groups is 1. The number of anilines is 1. The Morgan fingerprint density at radius 2 is 2.19 bits per heavy atom. The van der Waals surface area contributed by atoms with Crippen LogP contribution in [0.5, 0.6) is 0 Å². The zero-order valence-electron chi connectivity index (χ0n) is 15.0. The summed E-state index contributed by atoms with van der Waals surface area (Å²) in [5, 5.41) is 6.12. The van der Waals surface area contributed by atoms with Gasteiger partial charge in [0, 0.05) is 47.7 Å². The highest BCUT2D eigenvalue weighted by Gasteiger charge is 2.25. The van der Waals surface area contributed by atoms with Crippen LogP contribution in [0.4, 0.5) is 5.69 Å². The molecule has 2 aromatic heterocycles. The molecule has 0 fully saturated rings. The zero-order valence-corrected chi connectivity index (χ0v) is 15.8. The number of hydrogen-bond acceptors (Lipinski definition) is 4. The summed E-state index contributed by atoms with van der Waals surface area (Å²) in [6.45, 7) is 6.36. The number of aromatic nitrogens is 2. The third kappa shape index (κ3) is 3.43. The van der Waals surface area contributed by atoms with E-state index < -0.39 is 0 Å². The third-order valence-corrected chi connectivity index (χ3v) is 5.65. The Balaban J connectivity index is 1.42. The average Bonchev–Trinajstić information content (AvgIpc) is 3.27. The molecule has 6 heteroatoms. The molecule has 26 heavy (non-hydrogen) atoms. The highest BCUT2D eigenvalue weighted by Crippen LogP contribution is 2.26. The number of hydrogen-bond donors (Lipinski definition) is 1. The van der Waals surface area contributed by atoms with E-state index in [1.165, 1.54) is 5.69 Å². The smallest absolute Gasteiger partial charge is 0.238 e. The lowest BCUT2D eigenvalue weighted by molar-refractivity contribution is -0.118. The van der Waals surface area contributed by atoms with Crippen molar-refractivity contribution in [2.45, 2.75) is 26.4 Å². The quantitative estimate of drug-likeness (QED) is 0.761. The van der Waals surface area contributed by atoms with Gasteiger partial charge in [-0.2, -0.15) is 0 Å². The Hall–Kier alpha value is -2.44. The number of aryl methyl sites for hydroxylation is 1. The maximum absolute atomic E-state index is 12.6. The zero-order chi connectivity index (χ0) is 18.1. The molecule has 3 aromatic rings. The molecule has 3 heterocycles. The first-order valence-electron chi connectivity index (χ1n) is 8.81. The molecule has 1 atom stereocenters. The molecule has 4 rings (SSSR count). The van der Waals surface area contributed by atoms with E-state index in [2.05, 4.69) is 45.0 Å². The lowest BCUT2D eigenvalue weighted by atomic mass is 10.1. The topological polar surface area (TPSA) is 50.2 Å². The monoisotopic (exact) mass is 366 g/mol. The Bertz CT molecular complexity index is 929. The number of nitrogens with zero attached hydrogens (tertiary/aromatic N) is 3. The van der Waals surface area contributed by atoms with Crippen molar-refractivity contribution in [1.29, 1.82) is 0 Å². The Kier molecular flexibility index (Phi) is 4.61. The van der Waals surface area contributed by atoms with Gasteiger partial charge in [-0.1, -0.05) is 12.1 Å². The molecule has 1 amide bonds. The van der Waals surface area contributed by atoms with Crippen molar-refractivity contribution in [2.24, 2.45) is 0 Å². The van der Waals surface area contributed by atoms with Crippen molar-refractivity contribution in [3.63, 3.8) is 0 Å². The van der Waals surface area contributed by atoms with E-state index in [4.69, 9.17) is 0 Å². The molecule has 0 spiro atoms. The largest absolute Gasteiger partial charge is 0.349 e. The predicted molar refractivity (Wildman–Crippen MR) is 105 cm³/mol. The normalized spacial score (nSPS) is 17.1. The third-order valence-electron chi connectivity index (χ3n) is 4.88. The minimum atomic E-state index is 0.0171. The van der Waals surface area contributed by atoms with Gasteiger partial charge < -0.3 is 9.88 Å². The van der Waals surface area contributed by atoms with Crippen LogP contribution < -0.4 is 5.32 Å². The Morgan fingerprint density at radius 3 is 3.00 bits per heavy atom. The van der Waals surface area contributed by atoms with Gasteiger partial charge in [0.1, 0.15) is 0 Å². The highest BCUT2D eigenvalue weighted by atomic mass is 32.1. The Morgan fingerprint density at radius 1 is 1.31 bits per heavy atom. The van der Waals surface area contributed by atoms with Crippen LogP contribution in [0.1, 0.15) is 23.7 Å². The lowest BCUT2D eigenvalue weighted by Crippen LogP contribution is -2.41. The van der Waals surface area contributed by atoms with Crippen LogP contribution in [0.2, 0.25) is 0 Å². The summed E-state index contributed by atoms with van der Waals surface area (Å²) >= 11 is 1.63. The second-order valence-electron chi connectivity index (χ2n) is 6.65. The van der Waals surface area contributed by atoms with Crippen LogP contribution in [-0.2, 0) is 11.3 Å². The Labute approximate surface area is 157 Å². The van der Waals surface area contributed by atoms with Gasteiger partial charge in [-0.05, 0) is 38.1 Å². The molecule has 1 N–H and O–H groups in total. The fourth-order valence-corrected chi connectivity index (χ4v) is 4.10. The molecule has 134 valence electrons. The van der Waals surface area contributed by atoms with Crippen LogP contribution in [0.3, 0.4) is 0 Å². The number of benzene rings is 1. The summed E-state index contributed by atoms with van der Waals surface area (Å²) in [5.41, 5.74) is 4.06. The maximum Gasteiger partial charge on any atom is 0.238 e. The van der Waals surface area contributed by atoms with Crippen LogP contribution in [-0.4, -0.2) is 33.4 Å². The number of thiazole rings is 1. The number of rotatable bonds is 4. The molecule has 1 aliphatic rings. The van der Waals surface area contributed by atoms with Crippen LogP contribution in [0.25, 0.3) is 11.3 Å². The van der Waals surface area contributed by atoms with Gasteiger partial charge in [0.25, 0.3) is 0 Å². The van der Waals surface area contributed by atoms with E-state index in [0.717, 1.165) is 35.0 Å². The summed E-state index contributed by atoms with van der Waals surface area (Å²) in [5.74, 6) is 0.0171. The second kappa shape index (κ2) is 7.05. The van der Waals surface area contributed by atoms with Gasteiger partial charge >= 0.3 is 0 Å². The lowest BCUT2D eigenvalue weighted by Gasteiger charge is -2.34. The molecule has 0 radical (unpaired) electrons. The van der Waals surface area contributed by atoms with E-state index in [-0.39, 0.29) is 11.9 Å². The molecule has 0 unspecified atom stereocenters. The van der Waals surface area contributed by atoms with E-state index in [1.54, 1.807) is 11.3 Å². The number of amides is 1. The molecule has 1 aliphatic heterocycles. The summed E-state index contributed by atoms with van der Waals surface area (Å²) in [6, 6.07) is 12.3. The summed E-state index contributed by atoms with van der Waals surface area (Å²) in [6.07, 6.45) is 2.11. The highest BCUT2D eigenvalue weighted by molar-refractivity contribution is 7.09. The minimum Gasteiger partial charge on any atom is -0.349 e. The number of fused-ring (bicyclic) bond motifs is 1. The van der Waals surface area contributed by atoms with Gasteiger partial charge in [-0.15, -0.1) is 11.3 Å². The summed E-state index contributed by atoms with van der Waals surface area (Å²) < 4.78 is 2.26. The SMILES string of the molecule is Cc1nc(-c2cccc(NC(=O)CN3CCn4cccc4[C@H]3C)c2)cs1. The van der Waals surface area contributed by atoms with Crippen molar-refractivity contribution in [3.8, 4) is 11.3 Å². The van der Waals surface area contributed by atoms with Gasteiger partial charge in [0.2, 0.25) is 5.91 Å². The maximum atomic E-state index is 12.6.